The van der Waals surface area contributed by atoms with Crippen LogP contribution in [-0.2, 0) is 4.79 Å². The third-order valence-corrected chi connectivity index (χ3v) is 3.67. The predicted molar refractivity (Wildman–Crippen MR) is 78.8 cm³/mol. The van der Waals surface area contributed by atoms with E-state index < -0.39 is 36.8 Å². The molecule has 0 aliphatic heterocycles. The molecular weight excluding hydrogens is 368 g/mol. The molecule has 0 spiro atoms. The van der Waals surface area contributed by atoms with Gasteiger partial charge in [-0.1, -0.05) is 35.0 Å². The maximum absolute atomic E-state index is 13.2. The molecule has 0 saturated heterocycles. The van der Waals surface area contributed by atoms with Gasteiger partial charge in [0, 0.05) is 4.47 Å². The highest BCUT2D eigenvalue weighted by Crippen LogP contribution is 2.34. The van der Waals surface area contributed by atoms with E-state index in [1.54, 1.807) is 0 Å². The maximum Gasteiger partial charge on any atom is 0.407 e. The number of benzene rings is 1. The molecule has 1 aromatic carbocycles. The minimum absolute atomic E-state index is 0.0464. The fourth-order valence-corrected chi connectivity index (χ4v) is 2.23. The summed E-state index contributed by atoms with van der Waals surface area (Å²) in [5.74, 6) is -1.50. The smallest absolute Gasteiger partial charge is 0.368 e. The van der Waals surface area contributed by atoms with E-state index in [4.69, 9.17) is 5.73 Å². The van der Waals surface area contributed by atoms with Crippen molar-refractivity contribution in [2.45, 2.75) is 31.6 Å². The Morgan fingerprint density at radius 1 is 1.32 bits per heavy atom. The highest BCUT2D eigenvalue weighted by atomic mass is 79.9. The Morgan fingerprint density at radius 3 is 2.27 bits per heavy atom. The van der Waals surface area contributed by atoms with E-state index >= 15 is 0 Å². The van der Waals surface area contributed by atoms with E-state index in [2.05, 4.69) is 21.2 Å². The van der Waals surface area contributed by atoms with E-state index in [-0.39, 0.29) is 12.0 Å². The van der Waals surface area contributed by atoms with Crippen LogP contribution in [0.5, 0.6) is 0 Å². The van der Waals surface area contributed by atoms with Crippen molar-refractivity contribution in [1.29, 1.82) is 0 Å². The first kappa shape index (κ1) is 18.9. The summed E-state index contributed by atoms with van der Waals surface area (Å²) in [6.45, 7) is 0.764. The summed E-state index contributed by atoms with van der Waals surface area (Å²) in [6.07, 6.45) is -4.71. The normalized spacial score (nSPS) is 16.1. The van der Waals surface area contributed by atoms with Crippen LogP contribution in [0.3, 0.4) is 0 Å². The third-order valence-electron chi connectivity index (χ3n) is 3.14. The highest BCUT2D eigenvalue weighted by molar-refractivity contribution is 9.10. The minimum Gasteiger partial charge on any atom is -0.368 e. The molecule has 0 bridgehead atoms. The van der Waals surface area contributed by atoms with Gasteiger partial charge in [-0.25, -0.2) is 0 Å². The van der Waals surface area contributed by atoms with Crippen LogP contribution < -0.4 is 11.1 Å². The van der Waals surface area contributed by atoms with Crippen LogP contribution in [0.4, 0.5) is 17.6 Å². The zero-order chi connectivity index (χ0) is 16.9. The first-order valence-corrected chi connectivity index (χ1v) is 7.38. The molecule has 0 aliphatic rings. The number of amides is 1. The molecule has 1 aromatic rings. The lowest BCUT2D eigenvalue weighted by molar-refractivity contribution is -0.161. The Balaban J connectivity index is 3.01. The molecule has 0 saturated carbocycles. The second-order valence-electron chi connectivity index (χ2n) is 5.14. The summed E-state index contributed by atoms with van der Waals surface area (Å²) < 4.78 is 52.9. The number of hydrogen-bond acceptors (Lipinski definition) is 2. The van der Waals surface area contributed by atoms with Crippen LogP contribution in [0.1, 0.15) is 24.9 Å². The Bertz CT molecular complexity index is 493. The second-order valence-corrected chi connectivity index (χ2v) is 6.06. The van der Waals surface area contributed by atoms with Gasteiger partial charge in [0.05, 0.1) is 12.7 Å². The van der Waals surface area contributed by atoms with Crippen LogP contribution in [0.15, 0.2) is 28.7 Å². The molecular formula is C14H17BrF4N2O. The van der Waals surface area contributed by atoms with E-state index in [1.165, 1.54) is 31.2 Å². The number of nitrogens with one attached hydrogen (secondary N) is 1. The average Bonchev–Trinajstić information content (AvgIpc) is 2.42. The van der Waals surface area contributed by atoms with Crippen molar-refractivity contribution in [3.63, 3.8) is 0 Å². The number of halogens is 5. The van der Waals surface area contributed by atoms with Crippen molar-refractivity contribution in [1.82, 2.24) is 5.32 Å². The van der Waals surface area contributed by atoms with Crippen LogP contribution >= 0.6 is 15.9 Å². The molecule has 0 aliphatic carbocycles. The first-order valence-electron chi connectivity index (χ1n) is 6.58. The molecule has 0 aromatic heterocycles. The number of carbonyl (C=O) groups is 1. The van der Waals surface area contributed by atoms with Crippen LogP contribution in [0.25, 0.3) is 0 Å². The lowest BCUT2D eigenvalue weighted by Crippen LogP contribution is -2.48. The van der Waals surface area contributed by atoms with Gasteiger partial charge in [-0.05, 0) is 30.0 Å². The molecule has 0 fully saturated rings. The molecule has 3 nitrogen and oxygen atoms in total. The molecule has 8 heteroatoms. The van der Waals surface area contributed by atoms with Crippen LogP contribution in [0, 0.1) is 5.92 Å². The van der Waals surface area contributed by atoms with E-state index in [0.717, 1.165) is 0 Å². The molecule has 3 atom stereocenters. The van der Waals surface area contributed by atoms with E-state index in [0.29, 0.717) is 4.47 Å². The van der Waals surface area contributed by atoms with Crippen LogP contribution in [-0.4, -0.2) is 24.8 Å². The predicted octanol–water partition coefficient (Wildman–Crippen LogP) is 3.49. The number of primary amides is 1. The van der Waals surface area contributed by atoms with Crippen molar-refractivity contribution < 1.29 is 22.4 Å². The third kappa shape index (κ3) is 5.57. The lowest BCUT2D eigenvalue weighted by atomic mass is 9.99. The van der Waals surface area contributed by atoms with Gasteiger partial charge in [0.2, 0.25) is 5.91 Å². The van der Waals surface area contributed by atoms with Crippen molar-refractivity contribution in [2.75, 3.05) is 6.67 Å². The summed E-state index contributed by atoms with van der Waals surface area (Å²) in [4.78, 5) is 11.4. The molecule has 0 radical (unpaired) electrons. The summed E-state index contributed by atoms with van der Waals surface area (Å²) in [7, 11) is 0. The Morgan fingerprint density at radius 2 is 1.86 bits per heavy atom. The number of nitrogens with two attached hydrogens (primary N) is 1. The van der Waals surface area contributed by atoms with Gasteiger partial charge in [0.25, 0.3) is 0 Å². The molecule has 22 heavy (non-hydrogen) atoms. The molecule has 1 amide bonds. The number of carbonyl (C=O) groups excluding carboxylic acids is 1. The SMILES string of the molecule is CC(CF)CC(N[C@@H](c1ccc(Br)cc1)C(F)(F)F)C(N)=O. The quantitative estimate of drug-likeness (QED) is 0.707. The summed E-state index contributed by atoms with van der Waals surface area (Å²) in [5, 5.41) is 2.21. The van der Waals surface area contributed by atoms with Gasteiger partial charge >= 0.3 is 6.18 Å². The molecule has 124 valence electrons. The van der Waals surface area contributed by atoms with Gasteiger partial charge in [-0.15, -0.1) is 0 Å². The zero-order valence-electron chi connectivity index (χ0n) is 11.8. The molecule has 0 heterocycles. The van der Waals surface area contributed by atoms with E-state index in [9.17, 15) is 22.4 Å². The van der Waals surface area contributed by atoms with Crippen molar-refractivity contribution in [2.24, 2.45) is 11.7 Å². The Kier molecular flexibility index (Phi) is 6.80. The van der Waals surface area contributed by atoms with Gasteiger partial charge in [0.15, 0.2) is 0 Å². The minimum atomic E-state index is -4.61. The Hall–Kier alpha value is -1.15. The zero-order valence-corrected chi connectivity index (χ0v) is 13.4. The summed E-state index contributed by atoms with van der Waals surface area (Å²) in [6, 6.07) is 2.22. The number of hydrogen-bond donors (Lipinski definition) is 2. The monoisotopic (exact) mass is 384 g/mol. The van der Waals surface area contributed by atoms with E-state index in [1.807, 2.05) is 0 Å². The lowest BCUT2D eigenvalue weighted by Gasteiger charge is -2.27. The number of alkyl halides is 4. The maximum atomic E-state index is 13.2. The van der Waals surface area contributed by atoms with Gasteiger partial charge in [-0.2, -0.15) is 13.2 Å². The highest BCUT2D eigenvalue weighted by Gasteiger charge is 2.42. The van der Waals surface area contributed by atoms with Crippen molar-refractivity contribution >= 4 is 21.8 Å². The second kappa shape index (κ2) is 7.92. The van der Waals surface area contributed by atoms with Crippen molar-refractivity contribution in [3.8, 4) is 0 Å². The fourth-order valence-electron chi connectivity index (χ4n) is 1.97. The first-order chi connectivity index (χ1) is 10.1. The van der Waals surface area contributed by atoms with Gasteiger partial charge < -0.3 is 5.73 Å². The molecule has 2 unspecified atom stereocenters. The summed E-state index contributed by atoms with van der Waals surface area (Å²) in [5.41, 5.74) is 5.09. The number of rotatable bonds is 7. The average molecular weight is 385 g/mol. The summed E-state index contributed by atoms with van der Waals surface area (Å²) >= 11 is 3.14. The van der Waals surface area contributed by atoms with Crippen LogP contribution in [0.2, 0.25) is 0 Å². The van der Waals surface area contributed by atoms with Gasteiger partial charge in [-0.3, -0.25) is 14.5 Å². The fraction of sp³-hybridized carbons (Fsp3) is 0.500. The topological polar surface area (TPSA) is 55.1 Å². The van der Waals surface area contributed by atoms with Crippen molar-refractivity contribution in [3.05, 3.63) is 34.3 Å². The standard InChI is InChI=1S/C14H17BrF4N2O/c1-8(7-16)6-11(13(20)22)21-12(14(17,18)19)9-2-4-10(15)5-3-9/h2-5,8,11-12,21H,6-7H2,1H3,(H2,20,22)/t8?,11?,12-/m0/s1. The van der Waals surface area contributed by atoms with Gasteiger partial charge in [0.1, 0.15) is 6.04 Å². The Labute approximate surface area is 134 Å². The molecule has 3 N–H and O–H groups in total. The largest absolute Gasteiger partial charge is 0.407 e. The molecule has 1 rings (SSSR count).